The van der Waals surface area contributed by atoms with Gasteiger partial charge in [0.2, 0.25) is 0 Å². The van der Waals surface area contributed by atoms with Gasteiger partial charge >= 0.3 is 0 Å². The largest absolute Gasteiger partial charge is 0.389 e. The summed E-state index contributed by atoms with van der Waals surface area (Å²) in [5.74, 6) is 0.580. The van der Waals surface area contributed by atoms with Crippen molar-refractivity contribution in [2.75, 3.05) is 13.1 Å². The maximum Gasteiger partial charge on any atom is 0.0726 e. The number of hydrogen-bond donors (Lipinski definition) is 1. The highest BCUT2D eigenvalue weighted by molar-refractivity contribution is 8.93. The number of nitrogens with zero attached hydrogens (tertiary/aromatic N) is 1. The monoisotopic (exact) mass is 441 g/mol. The predicted octanol–water partition coefficient (Wildman–Crippen LogP) is 5.42. The van der Waals surface area contributed by atoms with Crippen LogP contribution in [-0.2, 0) is 12.8 Å². The van der Waals surface area contributed by atoms with Crippen LogP contribution in [0.2, 0.25) is 0 Å². The zero-order valence-corrected chi connectivity index (χ0v) is 19.0. The Morgan fingerprint density at radius 2 is 1.71 bits per heavy atom. The molecule has 0 radical (unpaired) electrons. The Labute approximate surface area is 179 Å². The van der Waals surface area contributed by atoms with E-state index in [2.05, 4.69) is 68.1 Å². The van der Waals surface area contributed by atoms with E-state index in [1.165, 1.54) is 22.3 Å². The third kappa shape index (κ3) is 3.07. The second-order valence-electron chi connectivity index (χ2n) is 10.0. The van der Waals surface area contributed by atoms with Gasteiger partial charge in [0.05, 0.1) is 5.60 Å². The van der Waals surface area contributed by atoms with Crippen molar-refractivity contribution in [3.05, 3.63) is 70.3 Å². The van der Waals surface area contributed by atoms with Gasteiger partial charge in [-0.3, -0.25) is 4.90 Å². The molecule has 0 spiro atoms. The summed E-state index contributed by atoms with van der Waals surface area (Å²) >= 11 is 0. The van der Waals surface area contributed by atoms with Crippen LogP contribution in [0, 0.1) is 5.41 Å². The molecule has 1 fully saturated rings. The van der Waals surface area contributed by atoms with Crippen molar-refractivity contribution in [2.45, 2.75) is 64.0 Å². The summed E-state index contributed by atoms with van der Waals surface area (Å²) in [6, 6.07) is 16.3. The summed E-state index contributed by atoms with van der Waals surface area (Å²) in [5.41, 5.74) is 6.92. The van der Waals surface area contributed by atoms with Crippen LogP contribution < -0.4 is 0 Å². The molecular formula is C25H32BrNO. The standard InChI is InChI=1S/C25H31NO.BrH/c1-24(2,3)25(27)11-12-26-16-20-14-18-8-5-4-7-17(18)13-19-9-6-10-21(23(19)20)22(26)15-25;/h4-10,20,22,27H,11-16H2,1-3H3;1H/t20-,22+,25+;/m1./s1. The summed E-state index contributed by atoms with van der Waals surface area (Å²) in [4.78, 5) is 2.66. The molecule has 1 aliphatic carbocycles. The number of aliphatic hydroxyl groups is 1. The van der Waals surface area contributed by atoms with Crippen molar-refractivity contribution in [2.24, 2.45) is 5.41 Å². The third-order valence-corrected chi connectivity index (χ3v) is 7.60. The second kappa shape index (κ2) is 6.97. The van der Waals surface area contributed by atoms with Crippen molar-refractivity contribution in [3.63, 3.8) is 0 Å². The lowest BCUT2D eigenvalue weighted by atomic mass is 9.66. The number of hydrogen-bond acceptors (Lipinski definition) is 2. The van der Waals surface area contributed by atoms with Crippen molar-refractivity contribution in [1.29, 1.82) is 0 Å². The summed E-state index contributed by atoms with van der Waals surface area (Å²) < 4.78 is 0. The molecule has 2 aliphatic heterocycles. The summed E-state index contributed by atoms with van der Waals surface area (Å²) in [7, 11) is 0. The lowest BCUT2D eigenvalue weighted by molar-refractivity contribution is -0.120. The summed E-state index contributed by atoms with van der Waals surface area (Å²) in [6.07, 6.45) is 3.93. The fourth-order valence-electron chi connectivity index (χ4n) is 5.76. The van der Waals surface area contributed by atoms with Crippen LogP contribution in [0.25, 0.3) is 0 Å². The van der Waals surface area contributed by atoms with Crippen LogP contribution in [0.1, 0.15) is 73.4 Å². The van der Waals surface area contributed by atoms with E-state index in [4.69, 9.17) is 0 Å². The van der Waals surface area contributed by atoms with Crippen LogP contribution in [0.4, 0.5) is 0 Å². The first-order valence-electron chi connectivity index (χ1n) is 10.5. The molecule has 5 rings (SSSR count). The number of rotatable bonds is 0. The molecule has 2 aromatic carbocycles. The number of benzene rings is 2. The first kappa shape index (κ1) is 20.1. The molecule has 0 unspecified atom stereocenters. The lowest BCUT2D eigenvalue weighted by Crippen LogP contribution is -2.55. The molecule has 3 heteroatoms. The van der Waals surface area contributed by atoms with Gasteiger partial charge in [-0.25, -0.2) is 0 Å². The van der Waals surface area contributed by atoms with Crippen LogP contribution in [0.15, 0.2) is 42.5 Å². The smallest absolute Gasteiger partial charge is 0.0726 e. The lowest BCUT2D eigenvalue weighted by Gasteiger charge is -2.53. The molecule has 28 heavy (non-hydrogen) atoms. The van der Waals surface area contributed by atoms with Gasteiger partial charge < -0.3 is 5.11 Å². The van der Waals surface area contributed by atoms with E-state index in [1.807, 2.05) is 0 Å². The number of halogens is 1. The van der Waals surface area contributed by atoms with Gasteiger partial charge in [-0.2, -0.15) is 0 Å². The maximum atomic E-state index is 11.4. The fourth-order valence-corrected chi connectivity index (χ4v) is 5.76. The van der Waals surface area contributed by atoms with Crippen LogP contribution in [0.3, 0.4) is 0 Å². The molecule has 2 heterocycles. The van der Waals surface area contributed by atoms with Crippen LogP contribution in [0.5, 0.6) is 0 Å². The molecule has 1 saturated heterocycles. The SMILES string of the molecule is Br.CC(C)(C)[C@]1(O)CCN2C[C@H]3Cc4ccccc4Cc4cccc(c43)[C@@H]2C1. The van der Waals surface area contributed by atoms with E-state index in [9.17, 15) is 5.11 Å². The topological polar surface area (TPSA) is 23.5 Å². The quantitative estimate of drug-likeness (QED) is 0.589. The van der Waals surface area contributed by atoms with Crippen molar-refractivity contribution >= 4 is 17.0 Å². The summed E-state index contributed by atoms with van der Waals surface area (Å²) in [6.45, 7) is 8.70. The van der Waals surface area contributed by atoms with E-state index in [-0.39, 0.29) is 22.4 Å². The zero-order chi connectivity index (χ0) is 18.8. The fraction of sp³-hybridized carbons (Fsp3) is 0.520. The molecule has 1 N–H and O–H groups in total. The first-order valence-corrected chi connectivity index (χ1v) is 10.5. The average Bonchev–Trinajstić information content (AvgIpc) is 2.79. The molecule has 3 atom stereocenters. The highest BCUT2D eigenvalue weighted by atomic mass is 79.9. The minimum Gasteiger partial charge on any atom is -0.389 e. The van der Waals surface area contributed by atoms with E-state index < -0.39 is 5.60 Å². The van der Waals surface area contributed by atoms with Crippen molar-refractivity contribution in [3.8, 4) is 0 Å². The molecule has 0 amide bonds. The minimum absolute atomic E-state index is 0. The van der Waals surface area contributed by atoms with Gasteiger partial charge in [-0.15, -0.1) is 17.0 Å². The van der Waals surface area contributed by atoms with Crippen molar-refractivity contribution < 1.29 is 5.11 Å². The second-order valence-corrected chi connectivity index (χ2v) is 10.0. The summed E-state index contributed by atoms with van der Waals surface area (Å²) in [5, 5.41) is 11.4. The molecule has 3 aliphatic rings. The van der Waals surface area contributed by atoms with Gasteiger partial charge in [0.1, 0.15) is 0 Å². The minimum atomic E-state index is -0.586. The van der Waals surface area contributed by atoms with E-state index in [0.29, 0.717) is 12.0 Å². The van der Waals surface area contributed by atoms with Gasteiger partial charge in [-0.05, 0) is 58.9 Å². The molecule has 2 aromatic rings. The van der Waals surface area contributed by atoms with Gasteiger partial charge in [0.15, 0.2) is 0 Å². The van der Waals surface area contributed by atoms with Crippen molar-refractivity contribution in [1.82, 2.24) is 4.90 Å². The Hall–Kier alpha value is -1.16. The van der Waals surface area contributed by atoms with Gasteiger partial charge in [0, 0.05) is 25.0 Å². The highest BCUT2D eigenvalue weighted by Crippen LogP contribution is 2.51. The molecule has 150 valence electrons. The Bertz CT molecular complexity index is 886. The Kier molecular flexibility index (Phi) is 5.01. The highest BCUT2D eigenvalue weighted by Gasteiger charge is 2.49. The number of piperidine rings is 1. The maximum absolute atomic E-state index is 11.4. The average molecular weight is 442 g/mol. The molecular weight excluding hydrogens is 410 g/mol. The molecule has 0 aromatic heterocycles. The van der Waals surface area contributed by atoms with Gasteiger partial charge in [-0.1, -0.05) is 63.2 Å². The normalized spacial score (nSPS) is 29.0. The van der Waals surface area contributed by atoms with E-state index in [1.54, 1.807) is 5.56 Å². The Morgan fingerprint density at radius 3 is 2.46 bits per heavy atom. The van der Waals surface area contributed by atoms with E-state index in [0.717, 1.165) is 38.8 Å². The molecule has 2 nitrogen and oxygen atoms in total. The van der Waals surface area contributed by atoms with Gasteiger partial charge in [0.25, 0.3) is 0 Å². The first-order chi connectivity index (χ1) is 12.9. The van der Waals surface area contributed by atoms with Crippen LogP contribution >= 0.6 is 17.0 Å². The molecule has 0 bridgehead atoms. The zero-order valence-electron chi connectivity index (χ0n) is 17.2. The molecule has 0 saturated carbocycles. The predicted molar refractivity (Wildman–Crippen MR) is 120 cm³/mol. The third-order valence-electron chi connectivity index (χ3n) is 7.60. The van der Waals surface area contributed by atoms with E-state index >= 15 is 0 Å². The number of fused-ring (bicyclic) bond motifs is 3. The Balaban J connectivity index is 0.00000192. The Morgan fingerprint density at radius 1 is 1.00 bits per heavy atom. The van der Waals surface area contributed by atoms with Crippen LogP contribution in [-0.4, -0.2) is 28.7 Å².